The predicted octanol–water partition coefficient (Wildman–Crippen LogP) is 5.68. The van der Waals surface area contributed by atoms with Gasteiger partial charge in [-0.2, -0.15) is 0 Å². The molecule has 0 radical (unpaired) electrons. The molecule has 0 bridgehead atoms. The zero-order chi connectivity index (χ0) is 28.5. The molecule has 2 aliphatic heterocycles. The fourth-order valence-corrected chi connectivity index (χ4v) is 6.92. The first-order valence-electron chi connectivity index (χ1n) is 14.2. The largest absolute Gasteiger partial charge is 0.494 e. The standard InChI is InChI=1S/C32H36FNO6S/c33-27-11-9-25(10-12-27)26-7-3-5-24(23-26)6-4-20-38-28-13-15-29(16-14-28)41(36)32(17-21-37-22-18-32)31(35)34-40-30-8-1-2-19-39-30/h3,5,7,9-16,23,30H,1-2,4,6,8,17-22H2,(H,34,35)/p+1. The van der Waals surface area contributed by atoms with Crippen LogP contribution in [-0.2, 0) is 40.5 Å². The van der Waals surface area contributed by atoms with Gasteiger partial charge in [-0.05, 0) is 78.8 Å². The highest BCUT2D eigenvalue weighted by Gasteiger charge is 2.52. The third-order valence-electron chi connectivity index (χ3n) is 7.61. The quantitative estimate of drug-likeness (QED) is 0.136. The van der Waals surface area contributed by atoms with Crippen LogP contribution in [0.25, 0.3) is 11.1 Å². The molecule has 5 rings (SSSR count). The van der Waals surface area contributed by atoms with Crippen molar-refractivity contribution in [1.82, 2.24) is 5.48 Å². The van der Waals surface area contributed by atoms with Crippen molar-refractivity contribution in [3.8, 4) is 16.9 Å². The number of rotatable bonds is 11. The van der Waals surface area contributed by atoms with Gasteiger partial charge in [-0.25, -0.2) is 14.7 Å². The number of ether oxygens (including phenoxy) is 3. The molecular formula is C32H37FNO6S+. The van der Waals surface area contributed by atoms with E-state index in [2.05, 4.69) is 17.6 Å². The number of hydrogen-bond acceptors (Lipinski definition) is 6. The minimum atomic E-state index is -2.07. The van der Waals surface area contributed by atoms with Crippen LogP contribution >= 0.6 is 0 Å². The summed E-state index contributed by atoms with van der Waals surface area (Å²) in [7, 11) is -2.07. The fourth-order valence-electron chi connectivity index (χ4n) is 5.19. The van der Waals surface area contributed by atoms with Gasteiger partial charge >= 0.3 is 0 Å². The fraction of sp³-hybridized carbons (Fsp3) is 0.406. The van der Waals surface area contributed by atoms with E-state index >= 15 is 0 Å². The van der Waals surface area contributed by atoms with E-state index in [4.69, 9.17) is 19.0 Å². The Labute approximate surface area is 242 Å². The summed E-state index contributed by atoms with van der Waals surface area (Å²) in [5, 5.41) is 0. The Hall–Kier alpha value is -3.11. The molecule has 2 heterocycles. The van der Waals surface area contributed by atoms with Crippen molar-refractivity contribution >= 4 is 16.7 Å². The van der Waals surface area contributed by atoms with Gasteiger partial charge in [0.25, 0.3) is 5.91 Å². The highest BCUT2D eigenvalue weighted by Crippen LogP contribution is 2.33. The highest BCUT2D eigenvalue weighted by atomic mass is 32.2. The summed E-state index contributed by atoms with van der Waals surface area (Å²) in [6.07, 6.45) is 4.56. The number of aryl methyl sites for hydroxylation is 1. The molecule has 2 atom stereocenters. The lowest BCUT2D eigenvalue weighted by molar-refractivity contribution is -0.202. The lowest BCUT2D eigenvalue weighted by atomic mass is 9.98. The minimum Gasteiger partial charge on any atom is -0.494 e. The molecule has 2 saturated heterocycles. The van der Waals surface area contributed by atoms with E-state index in [0.29, 0.717) is 56.3 Å². The van der Waals surface area contributed by atoms with Crippen LogP contribution < -0.4 is 10.2 Å². The summed E-state index contributed by atoms with van der Waals surface area (Å²) in [5.41, 5.74) is 5.76. The van der Waals surface area contributed by atoms with Crippen LogP contribution in [0.4, 0.5) is 4.39 Å². The second-order valence-corrected chi connectivity index (χ2v) is 12.4. The van der Waals surface area contributed by atoms with Crippen LogP contribution in [0.1, 0.15) is 44.1 Å². The molecule has 0 aliphatic carbocycles. The number of carbonyl (C=O) groups excluding carboxylic acids is 1. The average molecular weight is 583 g/mol. The molecule has 0 saturated carbocycles. The van der Waals surface area contributed by atoms with Crippen LogP contribution in [0.5, 0.6) is 5.75 Å². The van der Waals surface area contributed by atoms with Crippen LogP contribution in [0.2, 0.25) is 0 Å². The van der Waals surface area contributed by atoms with Gasteiger partial charge in [-0.15, -0.1) is 4.21 Å². The van der Waals surface area contributed by atoms with Crippen molar-refractivity contribution in [2.75, 3.05) is 26.4 Å². The highest BCUT2D eigenvalue weighted by molar-refractivity contribution is 7.87. The molecule has 3 aromatic rings. The van der Waals surface area contributed by atoms with Crippen LogP contribution in [0.3, 0.4) is 0 Å². The Morgan fingerprint density at radius 1 is 0.976 bits per heavy atom. The van der Waals surface area contributed by atoms with Gasteiger partial charge in [0.1, 0.15) is 22.4 Å². The first kappa shape index (κ1) is 29.4. The summed E-state index contributed by atoms with van der Waals surface area (Å²) in [6, 6.07) is 21.9. The van der Waals surface area contributed by atoms with Crippen molar-refractivity contribution in [2.45, 2.75) is 60.9 Å². The Morgan fingerprint density at radius 3 is 2.49 bits per heavy atom. The van der Waals surface area contributed by atoms with E-state index in [-0.39, 0.29) is 11.7 Å². The summed E-state index contributed by atoms with van der Waals surface area (Å²) < 4.78 is 42.9. The van der Waals surface area contributed by atoms with Crippen molar-refractivity contribution in [1.29, 1.82) is 0 Å². The number of benzene rings is 3. The van der Waals surface area contributed by atoms with Crippen LogP contribution in [0.15, 0.2) is 77.7 Å². The van der Waals surface area contributed by atoms with E-state index in [9.17, 15) is 13.4 Å². The van der Waals surface area contributed by atoms with Crippen molar-refractivity contribution in [3.63, 3.8) is 0 Å². The lowest BCUT2D eigenvalue weighted by Crippen LogP contribution is -2.53. The van der Waals surface area contributed by atoms with E-state index in [1.807, 2.05) is 12.1 Å². The first-order chi connectivity index (χ1) is 20.0. The van der Waals surface area contributed by atoms with Gasteiger partial charge < -0.3 is 14.2 Å². The van der Waals surface area contributed by atoms with Crippen molar-refractivity contribution in [3.05, 3.63) is 84.2 Å². The number of nitrogens with one attached hydrogen (secondary N) is 1. The molecule has 2 unspecified atom stereocenters. The molecule has 2 fully saturated rings. The maximum atomic E-state index is 13.8. The number of hydroxylamine groups is 1. The molecule has 1 N–H and O–H groups in total. The molecule has 3 aromatic carbocycles. The third kappa shape index (κ3) is 7.60. The van der Waals surface area contributed by atoms with Crippen LogP contribution in [0, 0.1) is 5.82 Å². The summed E-state index contributed by atoms with van der Waals surface area (Å²) in [5.74, 6) is 0.0472. The maximum Gasteiger partial charge on any atom is 0.299 e. The zero-order valence-electron chi connectivity index (χ0n) is 23.1. The van der Waals surface area contributed by atoms with E-state index in [1.54, 1.807) is 36.4 Å². The Bertz CT molecular complexity index is 1300. The average Bonchev–Trinajstić information content (AvgIpc) is 3.03. The molecule has 9 heteroatoms. The second-order valence-electron chi connectivity index (χ2n) is 10.4. The van der Waals surface area contributed by atoms with Crippen molar-refractivity contribution < 1.29 is 32.4 Å². The van der Waals surface area contributed by atoms with E-state index < -0.39 is 21.8 Å². The molecule has 1 amide bonds. The predicted molar refractivity (Wildman–Crippen MR) is 155 cm³/mol. The monoisotopic (exact) mass is 582 g/mol. The van der Waals surface area contributed by atoms with Crippen molar-refractivity contribution in [2.24, 2.45) is 0 Å². The topological polar surface area (TPSA) is 83.1 Å². The first-order valence-corrected chi connectivity index (χ1v) is 15.5. The van der Waals surface area contributed by atoms with Gasteiger partial charge in [-0.3, -0.25) is 4.79 Å². The Balaban J connectivity index is 1.14. The van der Waals surface area contributed by atoms with E-state index in [0.717, 1.165) is 36.8 Å². The van der Waals surface area contributed by atoms with Gasteiger partial charge in [0.05, 0.1) is 19.8 Å². The zero-order valence-corrected chi connectivity index (χ0v) is 24.0. The molecule has 0 spiro atoms. The molecule has 218 valence electrons. The maximum absolute atomic E-state index is 13.8. The number of amides is 1. The Morgan fingerprint density at radius 2 is 1.76 bits per heavy atom. The number of carbonyl (C=O) groups is 1. The van der Waals surface area contributed by atoms with Gasteiger partial charge in [0.2, 0.25) is 4.75 Å². The normalized spacial score (nSPS) is 19.3. The number of thiol groups is 1. The van der Waals surface area contributed by atoms with Gasteiger partial charge in [0.15, 0.2) is 11.2 Å². The second kappa shape index (κ2) is 14.2. The van der Waals surface area contributed by atoms with Crippen LogP contribution in [-0.4, -0.2) is 43.4 Å². The minimum absolute atomic E-state index is 0.245. The summed E-state index contributed by atoms with van der Waals surface area (Å²) in [6.45, 7) is 1.86. The summed E-state index contributed by atoms with van der Waals surface area (Å²) in [4.78, 5) is 19.4. The summed E-state index contributed by atoms with van der Waals surface area (Å²) >= 11 is 0. The smallest absolute Gasteiger partial charge is 0.299 e. The number of hydrogen-bond donors (Lipinski definition) is 1. The Kier molecular flexibility index (Phi) is 10.2. The van der Waals surface area contributed by atoms with Gasteiger partial charge in [-0.1, -0.05) is 36.4 Å². The molecule has 7 nitrogen and oxygen atoms in total. The van der Waals surface area contributed by atoms with Gasteiger partial charge in [0, 0.05) is 25.9 Å². The lowest BCUT2D eigenvalue weighted by Gasteiger charge is -2.31. The molecular weight excluding hydrogens is 545 g/mol. The molecule has 2 aliphatic rings. The third-order valence-corrected chi connectivity index (χ3v) is 9.80. The molecule has 41 heavy (non-hydrogen) atoms. The van der Waals surface area contributed by atoms with E-state index in [1.165, 1.54) is 17.7 Å². The number of halogens is 1. The SMILES string of the molecule is O=C(NOC1CCCCO1)C1([SH+](=O)c2ccc(OCCCc3cccc(-c4ccc(F)cc4)c3)cc2)CCOCC1. The molecule has 0 aromatic heterocycles.